The number of pyridine rings is 1. The first-order valence-electron chi connectivity index (χ1n) is 4.76. The molecule has 5 heteroatoms. The lowest BCUT2D eigenvalue weighted by Crippen LogP contribution is -2.57. The quantitative estimate of drug-likeness (QED) is 0.760. The minimum absolute atomic E-state index is 0.0551. The van der Waals surface area contributed by atoms with Gasteiger partial charge in [0.1, 0.15) is 0 Å². The molecule has 0 aliphatic carbocycles. The van der Waals surface area contributed by atoms with Gasteiger partial charge in [-0.3, -0.25) is 9.78 Å². The molecule has 0 radical (unpaired) electrons. The van der Waals surface area contributed by atoms with E-state index in [0.29, 0.717) is 0 Å². The van der Waals surface area contributed by atoms with E-state index in [4.69, 9.17) is 0 Å². The smallest absolute Gasteiger partial charge is 0.254 e. The zero-order valence-electron chi connectivity index (χ0n) is 8.40. The first-order chi connectivity index (χ1) is 7.16. The van der Waals surface area contributed by atoms with Gasteiger partial charge in [0.05, 0.1) is 17.8 Å². The molecule has 0 unspecified atom stereocenters. The number of rotatable bonds is 2. The molecule has 1 fully saturated rings. The lowest BCUT2D eigenvalue weighted by Gasteiger charge is -2.36. The third-order valence-electron chi connectivity index (χ3n) is 2.42. The van der Waals surface area contributed by atoms with Gasteiger partial charge >= 0.3 is 0 Å². The largest absolute Gasteiger partial charge is 0.347 e. The van der Waals surface area contributed by atoms with E-state index in [0.717, 1.165) is 19.3 Å². The zero-order valence-corrected chi connectivity index (χ0v) is 8.40. The topological polar surface area (TPSA) is 45.2 Å². The zero-order chi connectivity index (χ0) is 10.8. The van der Waals surface area contributed by atoms with Crippen LogP contribution in [-0.2, 0) is 0 Å². The lowest BCUT2D eigenvalue weighted by molar-refractivity contribution is 0.0853. The van der Waals surface area contributed by atoms with Gasteiger partial charge in [0.2, 0.25) is 0 Å². The first-order valence-corrected chi connectivity index (χ1v) is 4.76. The summed E-state index contributed by atoms with van der Waals surface area (Å²) in [6, 6.07) is 1.52. The van der Waals surface area contributed by atoms with Crippen molar-refractivity contribution in [2.24, 2.45) is 0 Å². The van der Waals surface area contributed by atoms with Crippen molar-refractivity contribution in [1.29, 1.82) is 0 Å². The number of hydrogen-bond donors (Lipinski definition) is 1. The predicted octanol–water partition coefficient (Wildman–Crippen LogP) is 0.264. The van der Waals surface area contributed by atoms with Crippen LogP contribution in [0.3, 0.4) is 0 Å². The number of halogens is 1. The fourth-order valence-corrected chi connectivity index (χ4v) is 1.61. The maximum Gasteiger partial charge on any atom is 0.254 e. The maximum atomic E-state index is 13.2. The van der Waals surface area contributed by atoms with Gasteiger partial charge in [-0.05, 0) is 13.1 Å². The number of nitrogens with one attached hydrogen (secondary N) is 1. The first kappa shape index (κ1) is 10.0. The van der Waals surface area contributed by atoms with E-state index in [1.807, 2.05) is 7.05 Å². The molecule has 0 aromatic carbocycles. The third kappa shape index (κ3) is 2.12. The molecular formula is C10H12FN3O. The second kappa shape index (κ2) is 3.94. The number of aromatic nitrogens is 1. The van der Waals surface area contributed by atoms with E-state index in [9.17, 15) is 9.18 Å². The van der Waals surface area contributed by atoms with Gasteiger partial charge in [-0.15, -0.1) is 0 Å². The van der Waals surface area contributed by atoms with Crippen LogP contribution in [0.1, 0.15) is 10.4 Å². The van der Waals surface area contributed by atoms with Crippen LogP contribution in [0.15, 0.2) is 18.5 Å². The van der Waals surface area contributed by atoms with Crippen molar-refractivity contribution < 1.29 is 9.18 Å². The molecule has 1 amide bonds. The van der Waals surface area contributed by atoms with Gasteiger partial charge in [0.15, 0.2) is 5.82 Å². The Morgan fingerprint density at radius 2 is 2.40 bits per heavy atom. The van der Waals surface area contributed by atoms with Crippen LogP contribution < -0.4 is 5.32 Å². The molecule has 1 aromatic heterocycles. The summed E-state index contributed by atoms with van der Waals surface area (Å²) >= 11 is 0. The number of nitrogens with zero attached hydrogens (tertiary/aromatic N) is 2. The summed E-state index contributed by atoms with van der Waals surface area (Å²) in [5.41, 5.74) is 0.0551. The molecule has 0 spiro atoms. The molecule has 0 saturated carbocycles. The van der Waals surface area contributed by atoms with Gasteiger partial charge in [0, 0.05) is 19.3 Å². The minimum atomic E-state index is -0.581. The van der Waals surface area contributed by atoms with Crippen LogP contribution in [0.4, 0.5) is 4.39 Å². The SMILES string of the molecule is CN1CC(NC(=O)c2ccncc2F)C1. The molecule has 1 aliphatic heterocycles. The molecule has 1 aliphatic rings. The van der Waals surface area contributed by atoms with Gasteiger partial charge in [-0.1, -0.05) is 0 Å². The molecule has 80 valence electrons. The van der Waals surface area contributed by atoms with Gasteiger partial charge in [-0.25, -0.2) is 4.39 Å². The highest BCUT2D eigenvalue weighted by Gasteiger charge is 2.25. The molecular weight excluding hydrogens is 197 g/mol. The average molecular weight is 209 g/mol. The molecule has 0 atom stereocenters. The number of hydrogen-bond acceptors (Lipinski definition) is 3. The van der Waals surface area contributed by atoms with Crippen molar-refractivity contribution in [3.63, 3.8) is 0 Å². The van der Waals surface area contributed by atoms with Gasteiger partial charge in [0.25, 0.3) is 5.91 Å². The average Bonchev–Trinajstić information content (AvgIpc) is 2.16. The molecule has 15 heavy (non-hydrogen) atoms. The van der Waals surface area contributed by atoms with Crippen LogP contribution in [0, 0.1) is 5.82 Å². The van der Waals surface area contributed by atoms with Crippen LogP contribution in [0.5, 0.6) is 0 Å². The summed E-state index contributed by atoms with van der Waals surface area (Å²) in [5.74, 6) is -0.948. The van der Waals surface area contributed by atoms with Crippen molar-refractivity contribution in [3.05, 3.63) is 29.8 Å². The Morgan fingerprint density at radius 1 is 1.67 bits per heavy atom. The standard InChI is InChI=1S/C10H12FN3O/c1-14-5-7(6-14)13-10(15)8-2-3-12-4-9(8)11/h2-4,7H,5-6H2,1H3,(H,13,15). The Morgan fingerprint density at radius 3 is 3.00 bits per heavy atom. The molecule has 2 heterocycles. The normalized spacial score (nSPS) is 17.2. The molecule has 0 bridgehead atoms. The maximum absolute atomic E-state index is 13.2. The number of amides is 1. The van der Waals surface area contributed by atoms with Gasteiger partial charge < -0.3 is 10.2 Å². The van der Waals surface area contributed by atoms with E-state index >= 15 is 0 Å². The summed E-state index contributed by atoms with van der Waals surface area (Å²) in [5, 5.41) is 2.76. The Kier molecular flexibility index (Phi) is 2.64. The monoisotopic (exact) mass is 209 g/mol. The summed E-state index contributed by atoms with van der Waals surface area (Å²) in [6.07, 6.45) is 2.45. The van der Waals surface area contributed by atoms with Crippen LogP contribution >= 0.6 is 0 Å². The predicted molar refractivity (Wildman–Crippen MR) is 52.9 cm³/mol. The second-order valence-electron chi connectivity index (χ2n) is 3.75. The van der Waals surface area contributed by atoms with Crippen LogP contribution in [-0.4, -0.2) is 42.0 Å². The summed E-state index contributed by atoms with van der Waals surface area (Å²) in [6.45, 7) is 1.64. The van der Waals surface area contributed by atoms with Gasteiger partial charge in [-0.2, -0.15) is 0 Å². The third-order valence-corrected chi connectivity index (χ3v) is 2.42. The molecule has 2 rings (SSSR count). The van der Waals surface area contributed by atoms with E-state index < -0.39 is 5.82 Å². The summed E-state index contributed by atoms with van der Waals surface area (Å²) in [7, 11) is 1.97. The van der Waals surface area contributed by atoms with E-state index in [1.54, 1.807) is 0 Å². The van der Waals surface area contributed by atoms with Crippen molar-refractivity contribution in [2.45, 2.75) is 6.04 Å². The summed E-state index contributed by atoms with van der Waals surface area (Å²) < 4.78 is 13.2. The molecule has 1 saturated heterocycles. The van der Waals surface area contributed by atoms with E-state index in [2.05, 4.69) is 15.2 Å². The Hall–Kier alpha value is -1.49. The second-order valence-corrected chi connectivity index (χ2v) is 3.75. The van der Waals surface area contributed by atoms with E-state index in [1.165, 1.54) is 12.3 Å². The highest BCUT2D eigenvalue weighted by atomic mass is 19.1. The molecule has 1 aromatic rings. The number of likely N-dealkylation sites (tertiary alicyclic amines) is 1. The lowest BCUT2D eigenvalue weighted by atomic mass is 10.1. The minimum Gasteiger partial charge on any atom is -0.347 e. The van der Waals surface area contributed by atoms with Crippen molar-refractivity contribution in [1.82, 2.24) is 15.2 Å². The van der Waals surface area contributed by atoms with E-state index in [-0.39, 0.29) is 17.5 Å². The number of likely N-dealkylation sites (N-methyl/N-ethyl adjacent to an activating group) is 1. The fourth-order valence-electron chi connectivity index (χ4n) is 1.61. The number of carbonyl (C=O) groups is 1. The van der Waals surface area contributed by atoms with Crippen LogP contribution in [0.25, 0.3) is 0 Å². The number of carbonyl (C=O) groups excluding carboxylic acids is 1. The Balaban J connectivity index is 1.99. The molecule has 4 nitrogen and oxygen atoms in total. The van der Waals surface area contributed by atoms with Crippen molar-refractivity contribution in [2.75, 3.05) is 20.1 Å². The van der Waals surface area contributed by atoms with Crippen molar-refractivity contribution in [3.8, 4) is 0 Å². The molecule has 1 N–H and O–H groups in total. The van der Waals surface area contributed by atoms with Crippen molar-refractivity contribution >= 4 is 5.91 Å². The Labute approximate surface area is 87.1 Å². The Bertz CT molecular complexity index is 377. The van der Waals surface area contributed by atoms with Crippen LogP contribution in [0.2, 0.25) is 0 Å². The highest BCUT2D eigenvalue weighted by molar-refractivity contribution is 5.94. The summed E-state index contributed by atoms with van der Waals surface area (Å²) in [4.78, 5) is 17.2. The fraction of sp³-hybridized carbons (Fsp3) is 0.400. The highest BCUT2D eigenvalue weighted by Crippen LogP contribution is 2.08.